The fraction of sp³-hybridized carbons (Fsp3) is 0.526. The van der Waals surface area contributed by atoms with E-state index >= 15 is 0 Å². The first-order valence-electron chi connectivity index (χ1n) is 8.90. The van der Waals surface area contributed by atoms with Crippen LogP contribution in [-0.4, -0.2) is 57.6 Å². The molecule has 2 N–H and O–H groups in total. The standard InChI is InChI=1S/C19H30N4O2.HI/c1-20-19(22-11-6-14-25-16-15-24-2)21-10-5-12-23-13-9-17-7-3-4-8-18(17)23;/h3-4,7-9,13H,5-6,10-12,14-16H2,1-2H3,(H2,20,21,22);1H. The van der Waals surface area contributed by atoms with Gasteiger partial charge in [0.1, 0.15) is 0 Å². The van der Waals surface area contributed by atoms with E-state index in [4.69, 9.17) is 9.47 Å². The van der Waals surface area contributed by atoms with E-state index in [0.717, 1.165) is 45.0 Å². The molecule has 0 radical (unpaired) electrons. The summed E-state index contributed by atoms with van der Waals surface area (Å²) in [6.07, 6.45) is 4.14. The van der Waals surface area contributed by atoms with Crippen molar-refractivity contribution in [3.8, 4) is 0 Å². The summed E-state index contributed by atoms with van der Waals surface area (Å²) in [5.41, 5.74) is 1.29. The molecule has 0 bridgehead atoms. The second kappa shape index (κ2) is 13.8. The average Bonchev–Trinajstić information content (AvgIpc) is 3.06. The Hall–Kier alpha value is -1.32. The van der Waals surface area contributed by atoms with Crippen molar-refractivity contribution < 1.29 is 9.47 Å². The summed E-state index contributed by atoms with van der Waals surface area (Å²) in [6, 6.07) is 10.6. The number of guanidine groups is 1. The van der Waals surface area contributed by atoms with E-state index < -0.39 is 0 Å². The van der Waals surface area contributed by atoms with Crippen LogP contribution in [0.3, 0.4) is 0 Å². The molecule has 1 aromatic heterocycles. The summed E-state index contributed by atoms with van der Waals surface area (Å²) in [7, 11) is 3.48. The molecule has 0 aliphatic carbocycles. The lowest BCUT2D eigenvalue weighted by Gasteiger charge is -2.12. The van der Waals surface area contributed by atoms with Crippen LogP contribution in [0.25, 0.3) is 10.9 Å². The summed E-state index contributed by atoms with van der Waals surface area (Å²) < 4.78 is 12.7. The SMILES string of the molecule is CN=C(NCCCOCCOC)NCCCn1ccc2ccccc21.I. The average molecular weight is 474 g/mol. The maximum atomic E-state index is 5.44. The third-order valence-electron chi connectivity index (χ3n) is 3.96. The van der Waals surface area contributed by atoms with E-state index in [2.05, 4.69) is 56.7 Å². The van der Waals surface area contributed by atoms with Gasteiger partial charge in [0.25, 0.3) is 0 Å². The van der Waals surface area contributed by atoms with Gasteiger partial charge in [-0.05, 0) is 30.4 Å². The Morgan fingerprint density at radius 3 is 2.58 bits per heavy atom. The molecule has 26 heavy (non-hydrogen) atoms. The van der Waals surface area contributed by atoms with Crippen LogP contribution in [0.5, 0.6) is 0 Å². The number of rotatable bonds is 11. The molecule has 1 heterocycles. The second-order valence-corrected chi connectivity index (χ2v) is 5.81. The molecule has 1 aromatic carbocycles. The van der Waals surface area contributed by atoms with Crippen molar-refractivity contribution in [1.82, 2.24) is 15.2 Å². The van der Waals surface area contributed by atoms with Crippen LogP contribution < -0.4 is 10.6 Å². The Balaban J connectivity index is 0.00000338. The lowest BCUT2D eigenvalue weighted by molar-refractivity contribution is 0.0698. The Bertz CT molecular complexity index is 645. The van der Waals surface area contributed by atoms with Crippen LogP contribution in [0.2, 0.25) is 0 Å². The van der Waals surface area contributed by atoms with Gasteiger partial charge in [-0.3, -0.25) is 4.99 Å². The van der Waals surface area contributed by atoms with E-state index in [1.165, 1.54) is 10.9 Å². The zero-order chi connectivity index (χ0) is 17.7. The van der Waals surface area contributed by atoms with Gasteiger partial charge in [0, 0.05) is 52.1 Å². The highest BCUT2D eigenvalue weighted by Gasteiger charge is 2.00. The molecule has 0 unspecified atom stereocenters. The lowest BCUT2D eigenvalue weighted by atomic mass is 10.2. The number of ether oxygens (including phenoxy) is 2. The number of benzene rings is 1. The first-order valence-corrected chi connectivity index (χ1v) is 8.90. The van der Waals surface area contributed by atoms with E-state index in [9.17, 15) is 0 Å². The monoisotopic (exact) mass is 474 g/mol. The van der Waals surface area contributed by atoms with Gasteiger partial charge >= 0.3 is 0 Å². The summed E-state index contributed by atoms with van der Waals surface area (Å²) >= 11 is 0. The Morgan fingerprint density at radius 2 is 1.81 bits per heavy atom. The van der Waals surface area contributed by atoms with Gasteiger partial charge in [-0.25, -0.2) is 0 Å². The molecule has 0 atom stereocenters. The summed E-state index contributed by atoms with van der Waals surface area (Å²) in [5.74, 6) is 0.842. The molecule has 0 aliphatic rings. The topological polar surface area (TPSA) is 59.8 Å². The molecule has 0 aliphatic heterocycles. The number of halogens is 1. The molecule has 7 heteroatoms. The molecular weight excluding hydrogens is 443 g/mol. The highest BCUT2D eigenvalue weighted by Crippen LogP contribution is 2.15. The van der Waals surface area contributed by atoms with Gasteiger partial charge in [0.15, 0.2) is 5.96 Å². The molecule has 2 aromatic rings. The molecule has 0 amide bonds. The number of nitrogens with one attached hydrogen (secondary N) is 2. The highest BCUT2D eigenvalue weighted by molar-refractivity contribution is 14.0. The summed E-state index contributed by atoms with van der Waals surface area (Å²) in [4.78, 5) is 4.25. The third-order valence-corrected chi connectivity index (χ3v) is 3.96. The quantitative estimate of drug-likeness (QED) is 0.228. The first-order chi connectivity index (χ1) is 12.3. The molecule has 146 valence electrons. The minimum atomic E-state index is 0. The number of hydrogen-bond donors (Lipinski definition) is 2. The summed E-state index contributed by atoms with van der Waals surface area (Å²) in [5, 5.41) is 7.95. The minimum Gasteiger partial charge on any atom is -0.382 e. The first kappa shape index (κ1) is 22.7. The number of fused-ring (bicyclic) bond motifs is 1. The van der Waals surface area contributed by atoms with Crippen LogP contribution in [-0.2, 0) is 16.0 Å². The number of aromatic nitrogens is 1. The van der Waals surface area contributed by atoms with Gasteiger partial charge in [0.05, 0.1) is 13.2 Å². The number of hydrogen-bond acceptors (Lipinski definition) is 3. The molecule has 2 rings (SSSR count). The number of aryl methyl sites for hydroxylation is 1. The normalized spacial score (nSPS) is 11.4. The smallest absolute Gasteiger partial charge is 0.190 e. The number of nitrogens with zero attached hydrogens (tertiary/aromatic N) is 2. The molecule has 0 saturated carbocycles. The molecule has 6 nitrogen and oxygen atoms in total. The molecular formula is C19H31IN4O2. The maximum Gasteiger partial charge on any atom is 0.190 e. The third kappa shape index (κ3) is 7.92. The summed E-state index contributed by atoms with van der Waals surface area (Å²) in [6.45, 7) is 4.75. The minimum absolute atomic E-state index is 0. The second-order valence-electron chi connectivity index (χ2n) is 5.81. The maximum absolute atomic E-state index is 5.44. The van der Waals surface area contributed by atoms with Crippen LogP contribution in [0, 0.1) is 0 Å². The van der Waals surface area contributed by atoms with Crippen molar-refractivity contribution in [2.75, 3.05) is 47.1 Å². The zero-order valence-electron chi connectivity index (χ0n) is 15.7. The Kier molecular flexibility index (Phi) is 12.1. The van der Waals surface area contributed by atoms with E-state index in [1.54, 1.807) is 14.2 Å². The van der Waals surface area contributed by atoms with E-state index in [-0.39, 0.29) is 24.0 Å². The zero-order valence-corrected chi connectivity index (χ0v) is 18.1. The van der Waals surface area contributed by atoms with Gasteiger partial charge in [-0.1, -0.05) is 18.2 Å². The van der Waals surface area contributed by atoms with Crippen molar-refractivity contribution in [2.45, 2.75) is 19.4 Å². The number of aliphatic imine (C=N–C) groups is 1. The van der Waals surface area contributed by atoms with Crippen LogP contribution in [0.15, 0.2) is 41.5 Å². The largest absolute Gasteiger partial charge is 0.382 e. The molecule has 0 spiro atoms. The fourth-order valence-corrected chi connectivity index (χ4v) is 2.64. The van der Waals surface area contributed by atoms with Gasteiger partial charge < -0.3 is 24.7 Å². The van der Waals surface area contributed by atoms with Crippen molar-refractivity contribution in [3.05, 3.63) is 36.5 Å². The van der Waals surface area contributed by atoms with Crippen molar-refractivity contribution >= 4 is 40.8 Å². The van der Waals surface area contributed by atoms with Crippen molar-refractivity contribution in [2.24, 2.45) is 4.99 Å². The van der Waals surface area contributed by atoms with Gasteiger partial charge in [-0.15, -0.1) is 24.0 Å². The highest BCUT2D eigenvalue weighted by atomic mass is 127. The Labute approximate surface area is 173 Å². The fourth-order valence-electron chi connectivity index (χ4n) is 2.64. The predicted octanol–water partition coefficient (Wildman–Crippen LogP) is 2.87. The van der Waals surface area contributed by atoms with Crippen LogP contribution in [0.1, 0.15) is 12.8 Å². The van der Waals surface area contributed by atoms with Crippen molar-refractivity contribution in [3.63, 3.8) is 0 Å². The lowest BCUT2D eigenvalue weighted by Crippen LogP contribution is -2.38. The Morgan fingerprint density at radius 1 is 1.04 bits per heavy atom. The number of methoxy groups -OCH3 is 1. The van der Waals surface area contributed by atoms with Crippen molar-refractivity contribution in [1.29, 1.82) is 0 Å². The predicted molar refractivity (Wildman–Crippen MR) is 119 cm³/mol. The van der Waals surface area contributed by atoms with Crippen LogP contribution in [0.4, 0.5) is 0 Å². The van der Waals surface area contributed by atoms with Gasteiger partial charge in [-0.2, -0.15) is 0 Å². The van der Waals surface area contributed by atoms with E-state index in [0.29, 0.717) is 13.2 Å². The van der Waals surface area contributed by atoms with Crippen LogP contribution >= 0.6 is 24.0 Å². The van der Waals surface area contributed by atoms with Gasteiger partial charge in [0.2, 0.25) is 0 Å². The van der Waals surface area contributed by atoms with E-state index in [1.807, 2.05) is 0 Å². The number of para-hydroxylation sites is 1. The molecule has 0 fully saturated rings. The molecule has 0 saturated heterocycles.